The highest BCUT2D eigenvalue weighted by atomic mass is 16.4. The van der Waals surface area contributed by atoms with Crippen molar-refractivity contribution < 1.29 is 14.7 Å². The van der Waals surface area contributed by atoms with Gasteiger partial charge in [0.05, 0.1) is 0 Å². The van der Waals surface area contributed by atoms with E-state index in [1.165, 1.54) is 0 Å². The van der Waals surface area contributed by atoms with Crippen LogP contribution in [0.1, 0.15) is 24.5 Å². The molecule has 0 radical (unpaired) electrons. The lowest BCUT2D eigenvalue weighted by Gasteiger charge is -2.13. The van der Waals surface area contributed by atoms with Crippen molar-refractivity contribution in [3.05, 3.63) is 29.3 Å². The Morgan fingerprint density at radius 1 is 1.28 bits per heavy atom. The molecule has 5 heteroatoms. The fourth-order valence-corrected chi connectivity index (χ4v) is 1.48. The van der Waals surface area contributed by atoms with Crippen LogP contribution in [0.2, 0.25) is 0 Å². The van der Waals surface area contributed by atoms with Crippen LogP contribution in [0.15, 0.2) is 18.2 Å². The number of carbonyl (C=O) groups is 2. The summed E-state index contributed by atoms with van der Waals surface area (Å²) in [6.45, 7) is 5.64. The van der Waals surface area contributed by atoms with Gasteiger partial charge in [-0.15, -0.1) is 0 Å². The molecule has 0 heterocycles. The standard InChI is InChI=1S/C13H18N2O3/c1-4-11(12(16)17)15-13(18)14-10-6-5-8(2)9(3)7-10/h5-7,11H,4H2,1-3H3,(H,16,17)(H2,14,15,18)/t11-/m0/s1. The third-order valence-corrected chi connectivity index (χ3v) is 2.78. The number of carbonyl (C=O) groups excluding carboxylic acids is 1. The molecule has 0 aromatic heterocycles. The van der Waals surface area contributed by atoms with Gasteiger partial charge in [0, 0.05) is 5.69 Å². The van der Waals surface area contributed by atoms with Crippen LogP contribution >= 0.6 is 0 Å². The number of nitrogens with one attached hydrogen (secondary N) is 2. The monoisotopic (exact) mass is 250 g/mol. The van der Waals surface area contributed by atoms with E-state index in [0.717, 1.165) is 11.1 Å². The van der Waals surface area contributed by atoms with Gasteiger partial charge < -0.3 is 15.7 Å². The largest absolute Gasteiger partial charge is 0.480 e. The van der Waals surface area contributed by atoms with Crippen LogP contribution in [0.4, 0.5) is 10.5 Å². The Hall–Kier alpha value is -2.04. The number of anilines is 1. The van der Waals surface area contributed by atoms with Gasteiger partial charge in [-0.3, -0.25) is 0 Å². The van der Waals surface area contributed by atoms with Gasteiger partial charge >= 0.3 is 12.0 Å². The van der Waals surface area contributed by atoms with Gasteiger partial charge in [0.25, 0.3) is 0 Å². The molecule has 0 aliphatic carbocycles. The average Bonchev–Trinajstić information content (AvgIpc) is 2.30. The Morgan fingerprint density at radius 2 is 1.94 bits per heavy atom. The first-order valence-corrected chi connectivity index (χ1v) is 5.81. The molecular weight excluding hydrogens is 232 g/mol. The van der Waals surface area contributed by atoms with Crippen molar-refractivity contribution >= 4 is 17.7 Å². The molecule has 0 saturated heterocycles. The summed E-state index contributed by atoms with van der Waals surface area (Å²) in [7, 11) is 0. The first kappa shape index (κ1) is 14.0. The normalized spacial score (nSPS) is 11.7. The van der Waals surface area contributed by atoms with Crippen molar-refractivity contribution in [2.45, 2.75) is 33.2 Å². The Labute approximate surface area is 106 Å². The van der Waals surface area contributed by atoms with Gasteiger partial charge in [-0.1, -0.05) is 13.0 Å². The highest BCUT2D eigenvalue weighted by Gasteiger charge is 2.17. The molecule has 0 fully saturated rings. The number of urea groups is 1. The number of aryl methyl sites for hydroxylation is 2. The number of carboxylic acid groups (broad SMARTS) is 1. The molecular formula is C13H18N2O3. The zero-order valence-corrected chi connectivity index (χ0v) is 10.8. The maximum Gasteiger partial charge on any atom is 0.326 e. The van der Waals surface area contributed by atoms with Gasteiger partial charge in [0.1, 0.15) is 6.04 Å². The van der Waals surface area contributed by atoms with E-state index < -0.39 is 18.0 Å². The van der Waals surface area contributed by atoms with Crippen LogP contribution in [-0.2, 0) is 4.79 Å². The fourth-order valence-electron chi connectivity index (χ4n) is 1.48. The molecule has 0 saturated carbocycles. The van der Waals surface area contributed by atoms with Crippen molar-refractivity contribution in [3.8, 4) is 0 Å². The molecule has 98 valence electrons. The van der Waals surface area contributed by atoms with E-state index in [2.05, 4.69) is 10.6 Å². The minimum Gasteiger partial charge on any atom is -0.480 e. The number of amides is 2. The summed E-state index contributed by atoms with van der Waals surface area (Å²) in [5, 5.41) is 13.8. The molecule has 2 amide bonds. The van der Waals surface area contributed by atoms with E-state index in [-0.39, 0.29) is 0 Å². The average molecular weight is 250 g/mol. The molecule has 1 aromatic carbocycles. The van der Waals surface area contributed by atoms with Crippen LogP contribution in [0.25, 0.3) is 0 Å². The second kappa shape index (κ2) is 6.05. The van der Waals surface area contributed by atoms with E-state index >= 15 is 0 Å². The van der Waals surface area contributed by atoms with E-state index in [4.69, 9.17) is 5.11 Å². The van der Waals surface area contributed by atoms with Crippen LogP contribution in [0.3, 0.4) is 0 Å². The number of hydrogen-bond donors (Lipinski definition) is 3. The van der Waals surface area contributed by atoms with E-state index in [1.807, 2.05) is 26.0 Å². The molecule has 5 nitrogen and oxygen atoms in total. The minimum atomic E-state index is -1.03. The van der Waals surface area contributed by atoms with E-state index in [1.54, 1.807) is 13.0 Å². The molecule has 1 atom stereocenters. The molecule has 0 spiro atoms. The van der Waals surface area contributed by atoms with Crippen LogP contribution in [-0.4, -0.2) is 23.1 Å². The van der Waals surface area contributed by atoms with Gasteiger partial charge in [-0.2, -0.15) is 0 Å². The topological polar surface area (TPSA) is 78.4 Å². The maximum atomic E-state index is 11.6. The Balaban J connectivity index is 2.64. The minimum absolute atomic E-state index is 0.343. The number of rotatable bonds is 4. The van der Waals surface area contributed by atoms with Gasteiger partial charge in [-0.05, 0) is 43.5 Å². The number of hydrogen-bond acceptors (Lipinski definition) is 2. The molecule has 0 unspecified atom stereocenters. The highest BCUT2D eigenvalue weighted by Crippen LogP contribution is 2.13. The Morgan fingerprint density at radius 3 is 2.44 bits per heavy atom. The molecule has 18 heavy (non-hydrogen) atoms. The molecule has 1 aromatic rings. The summed E-state index contributed by atoms with van der Waals surface area (Å²) >= 11 is 0. The summed E-state index contributed by atoms with van der Waals surface area (Å²) in [5.41, 5.74) is 2.85. The third kappa shape index (κ3) is 3.76. The summed E-state index contributed by atoms with van der Waals surface area (Å²) in [6, 6.07) is 4.16. The SMILES string of the molecule is CC[C@H](NC(=O)Nc1ccc(C)c(C)c1)C(=O)O. The highest BCUT2D eigenvalue weighted by molar-refractivity contribution is 5.92. The smallest absolute Gasteiger partial charge is 0.326 e. The van der Waals surface area contributed by atoms with Gasteiger partial charge in [0.2, 0.25) is 0 Å². The Kier molecular flexibility index (Phi) is 4.71. The molecule has 1 rings (SSSR count). The molecule has 0 bridgehead atoms. The number of aliphatic carboxylic acids is 1. The first-order chi connectivity index (χ1) is 8.43. The van der Waals surface area contributed by atoms with Crippen molar-refractivity contribution in [3.63, 3.8) is 0 Å². The van der Waals surface area contributed by atoms with Crippen molar-refractivity contribution in [1.29, 1.82) is 0 Å². The van der Waals surface area contributed by atoms with Crippen LogP contribution < -0.4 is 10.6 Å². The lowest BCUT2D eigenvalue weighted by molar-refractivity contribution is -0.139. The summed E-state index contributed by atoms with van der Waals surface area (Å²) in [4.78, 5) is 22.4. The predicted octanol–water partition coefficient (Wildman–Crippen LogP) is 2.29. The first-order valence-electron chi connectivity index (χ1n) is 5.81. The van der Waals surface area contributed by atoms with E-state index in [9.17, 15) is 9.59 Å². The molecule has 0 aliphatic heterocycles. The number of carboxylic acids is 1. The second-order valence-corrected chi connectivity index (χ2v) is 4.20. The van der Waals surface area contributed by atoms with Crippen LogP contribution in [0, 0.1) is 13.8 Å². The lowest BCUT2D eigenvalue weighted by atomic mass is 10.1. The van der Waals surface area contributed by atoms with Crippen molar-refractivity contribution in [2.75, 3.05) is 5.32 Å². The molecule has 3 N–H and O–H groups in total. The van der Waals surface area contributed by atoms with Gasteiger partial charge in [-0.25, -0.2) is 9.59 Å². The van der Waals surface area contributed by atoms with Crippen molar-refractivity contribution in [2.24, 2.45) is 0 Å². The Bertz CT molecular complexity index is 458. The summed E-state index contributed by atoms with van der Waals surface area (Å²) in [6.07, 6.45) is 0.343. The van der Waals surface area contributed by atoms with Crippen LogP contribution in [0.5, 0.6) is 0 Å². The zero-order chi connectivity index (χ0) is 13.7. The summed E-state index contributed by atoms with van der Waals surface area (Å²) in [5.74, 6) is -1.03. The zero-order valence-electron chi connectivity index (χ0n) is 10.8. The lowest BCUT2D eigenvalue weighted by Crippen LogP contribution is -2.42. The van der Waals surface area contributed by atoms with E-state index in [0.29, 0.717) is 12.1 Å². The number of benzene rings is 1. The van der Waals surface area contributed by atoms with Gasteiger partial charge in [0.15, 0.2) is 0 Å². The summed E-state index contributed by atoms with van der Waals surface area (Å²) < 4.78 is 0. The predicted molar refractivity (Wildman–Crippen MR) is 69.8 cm³/mol. The maximum absolute atomic E-state index is 11.6. The third-order valence-electron chi connectivity index (χ3n) is 2.78. The fraction of sp³-hybridized carbons (Fsp3) is 0.385. The quantitative estimate of drug-likeness (QED) is 0.767. The molecule has 0 aliphatic rings. The second-order valence-electron chi connectivity index (χ2n) is 4.20. The van der Waals surface area contributed by atoms with Crippen molar-refractivity contribution in [1.82, 2.24) is 5.32 Å².